The number of nitrogens with one attached hydrogen (secondary N) is 1. The van der Waals surface area contributed by atoms with Gasteiger partial charge in [0.15, 0.2) is 0 Å². The minimum Gasteiger partial charge on any atom is -0.326 e. The lowest BCUT2D eigenvalue weighted by molar-refractivity contribution is -0.117. The van der Waals surface area contributed by atoms with E-state index in [9.17, 15) is 9.18 Å². The first-order chi connectivity index (χ1) is 6.99. The third kappa shape index (κ3) is 2.41. The number of hydrogen-bond donors (Lipinski definition) is 1. The lowest BCUT2D eigenvalue weighted by atomic mass is 10.3. The molecule has 1 fully saturated rings. The van der Waals surface area contributed by atoms with E-state index < -0.39 is 16.1 Å². The number of carbonyl (C=O) groups excluding carboxylic acids is 1. The number of anilines is 1. The van der Waals surface area contributed by atoms with Gasteiger partial charge in [-0.25, -0.2) is 4.39 Å². The van der Waals surface area contributed by atoms with Crippen LogP contribution in [-0.4, -0.2) is 10.2 Å². The van der Waals surface area contributed by atoms with Crippen molar-refractivity contribution in [3.05, 3.63) is 30.1 Å². The Balaban J connectivity index is 2.01. The third-order valence-electron chi connectivity index (χ3n) is 2.23. The maximum Gasteiger partial charge on any atom is 0.230 e. The molecule has 0 aromatic heterocycles. The summed E-state index contributed by atoms with van der Waals surface area (Å²) in [6.07, 6.45) is 0.442. The van der Waals surface area contributed by atoms with Gasteiger partial charge in [-0.15, -0.1) is 23.2 Å². The maximum absolute atomic E-state index is 12.8. The predicted molar refractivity (Wildman–Crippen MR) is 57.6 cm³/mol. The van der Waals surface area contributed by atoms with Crippen molar-refractivity contribution in [3.8, 4) is 0 Å². The molecule has 15 heavy (non-hydrogen) atoms. The highest BCUT2D eigenvalue weighted by molar-refractivity contribution is 6.52. The molecule has 1 aliphatic rings. The summed E-state index contributed by atoms with van der Waals surface area (Å²) in [6.45, 7) is 0. The number of hydrogen-bond acceptors (Lipinski definition) is 1. The molecule has 0 heterocycles. The summed E-state index contributed by atoms with van der Waals surface area (Å²) in [4.78, 5) is 11.5. The van der Waals surface area contributed by atoms with Crippen molar-refractivity contribution in [3.63, 3.8) is 0 Å². The molecule has 0 spiro atoms. The molecule has 1 amide bonds. The Labute approximate surface area is 96.4 Å². The molecule has 80 valence electrons. The smallest absolute Gasteiger partial charge is 0.230 e. The number of alkyl halides is 2. The van der Waals surface area contributed by atoms with Gasteiger partial charge in [0.1, 0.15) is 10.2 Å². The van der Waals surface area contributed by atoms with Gasteiger partial charge in [0.2, 0.25) is 5.91 Å². The predicted octanol–water partition coefficient (Wildman–Crippen LogP) is 2.96. The van der Waals surface area contributed by atoms with E-state index in [0.717, 1.165) is 0 Å². The van der Waals surface area contributed by atoms with Gasteiger partial charge < -0.3 is 5.32 Å². The van der Waals surface area contributed by atoms with E-state index in [4.69, 9.17) is 23.2 Å². The monoisotopic (exact) mass is 247 g/mol. The largest absolute Gasteiger partial charge is 0.326 e. The summed E-state index contributed by atoms with van der Waals surface area (Å²) in [7, 11) is 0. The van der Waals surface area contributed by atoms with Crippen LogP contribution < -0.4 is 5.32 Å². The molecule has 0 saturated heterocycles. The molecule has 2 nitrogen and oxygen atoms in total. The Morgan fingerprint density at radius 3 is 2.73 bits per heavy atom. The summed E-state index contributed by atoms with van der Waals surface area (Å²) in [5.41, 5.74) is 0.413. The molecule has 1 aliphatic carbocycles. The Morgan fingerprint density at radius 1 is 1.53 bits per heavy atom. The molecule has 0 aliphatic heterocycles. The fourth-order valence-corrected chi connectivity index (χ4v) is 1.80. The van der Waals surface area contributed by atoms with E-state index in [2.05, 4.69) is 5.32 Å². The van der Waals surface area contributed by atoms with Crippen molar-refractivity contribution < 1.29 is 9.18 Å². The zero-order valence-corrected chi connectivity index (χ0v) is 9.15. The quantitative estimate of drug-likeness (QED) is 0.801. The van der Waals surface area contributed by atoms with Gasteiger partial charge in [-0.05, 0) is 24.6 Å². The topological polar surface area (TPSA) is 29.1 Å². The normalized spacial score (nSPS) is 22.2. The molecular weight excluding hydrogens is 240 g/mol. The fourth-order valence-electron chi connectivity index (χ4n) is 1.29. The van der Waals surface area contributed by atoms with Crippen molar-refractivity contribution in [1.29, 1.82) is 0 Å². The van der Waals surface area contributed by atoms with Gasteiger partial charge >= 0.3 is 0 Å². The van der Waals surface area contributed by atoms with E-state index in [0.29, 0.717) is 12.1 Å². The first-order valence-electron chi connectivity index (χ1n) is 4.43. The van der Waals surface area contributed by atoms with Crippen molar-refractivity contribution >= 4 is 34.8 Å². The highest BCUT2D eigenvalue weighted by atomic mass is 35.5. The molecule has 1 atom stereocenters. The van der Waals surface area contributed by atoms with E-state index in [1.807, 2.05) is 0 Å². The Kier molecular flexibility index (Phi) is 2.61. The maximum atomic E-state index is 12.8. The first-order valence-corrected chi connectivity index (χ1v) is 5.19. The number of halogens is 3. The summed E-state index contributed by atoms with van der Waals surface area (Å²) >= 11 is 11.5. The summed E-state index contributed by atoms with van der Waals surface area (Å²) in [5.74, 6) is -1.07. The zero-order valence-electron chi connectivity index (χ0n) is 7.64. The van der Waals surface area contributed by atoms with Gasteiger partial charge in [0, 0.05) is 5.69 Å². The van der Waals surface area contributed by atoms with Crippen LogP contribution in [0, 0.1) is 11.7 Å². The molecule has 0 unspecified atom stereocenters. The summed E-state index contributed by atoms with van der Waals surface area (Å²) in [6, 6.07) is 5.67. The molecule has 0 radical (unpaired) electrons. The lowest BCUT2D eigenvalue weighted by Gasteiger charge is -2.04. The average molecular weight is 248 g/mol. The second-order valence-corrected chi connectivity index (χ2v) is 5.06. The second-order valence-electron chi connectivity index (χ2n) is 3.52. The fraction of sp³-hybridized carbons (Fsp3) is 0.300. The molecule has 1 aromatic rings. The van der Waals surface area contributed by atoms with E-state index in [1.165, 1.54) is 18.2 Å². The lowest BCUT2D eigenvalue weighted by Crippen LogP contribution is -2.16. The van der Waals surface area contributed by atoms with Crippen LogP contribution in [0.2, 0.25) is 0 Å². The van der Waals surface area contributed by atoms with Gasteiger partial charge in [0.25, 0.3) is 0 Å². The molecule has 5 heteroatoms. The van der Waals surface area contributed by atoms with Crippen molar-refractivity contribution in [1.82, 2.24) is 0 Å². The van der Waals surface area contributed by atoms with E-state index >= 15 is 0 Å². The van der Waals surface area contributed by atoms with E-state index in [-0.39, 0.29) is 5.91 Å². The van der Waals surface area contributed by atoms with E-state index in [1.54, 1.807) is 6.07 Å². The van der Waals surface area contributed by atoms with Crippen LogP contribution in [0.25, 0.3) is 0 Å². The summed E-state index contributed by atoms with van der Waals surface area (Å²) in [5, 5.41) is 2.55. The highest BCUT2D eigenvalue weighted by Gasteiger charge is 2.56. The number of benzene rings is 1. The van der Waals surface area contributed by atoms with Gasteiger partial charge in [-0.3, -0.25) is 4.79 Å². The number of carbonyl (C=O) groups is 1. The van der Waals surface area contributed by atoms with Gasteiger partial charge in [-0.1, -0.05) is 6.07 Å². The number of amides is 1. The van der Waals surface area contributed by atoms with Crippen molar-refractivity contribution in [2.45, 2.75) is 10.8 Å². The molecule has 0 bridgehead atoms. The molecule has 1 N–H and O–H groups in total. The van der Waals surface area contributed by atoms with Crippen LogP contribution in [0.3, 0.4) is 0 Å². The molecule has 1 aromatic carbocycles. The first kappa shape index (κ1) is 10.7. The van der Waals surface area contributed by atoms with Crippen LogP contribution in [0.1, 0.15) is 6.42 Å². The molecule has 2 rings (SSSR count). The average Bonchev–Trinajstić information content (AvgIpc) is 2.75. The Bertz CT molecular complexity index is 408. The second kappa shape index (κ2) is 3.65. The molecule has 1 saturated carbocycles. The summed E-state index contributed by atoms with van der Waals surface area (Å²) < 4.78 is 11.8. The Morgan fingerprint density at radius 2 is 2.20 bits per heavy atom. The van der Waals surface area contributed by atoms with Crippen LogP contribution in [-0.2, 0) is 4.79 Å². The minimum absolute atomic E-state index is 0.273. The van der Waals surface area contributed by atoms with Crippen LogP contribution >= 0.6 is 23.2 Å². The van der Waals surface area contributed by atoms with Crippen LogP contribution in [0.15, 0.2) is 24.3 Å². The third-order valence-corrected chi connectivity index (χ3v) is 3.07. The van der Waals surface area contributed by atoms with Crippen molar-refractivity contribution in [2.24, 2.45) is 5.92 Å². The van der Waals surface area contributed by atoms with Crippen molar-refractivity contribution in [2.75, 3.05) is 5.32 Å². The van der Waals surface area contributed by atoms with Crippen LogP contribution in [0.4, 0.5) is 10.1 Å². The van der Waals surface area contributed by atoms with Gasteiger partial charge in [0.05, 0.1) is 5.92 Å². The highest BCUT2D eigenvalue weighted by Crippen LogP contribution is 2.53. The number of rotatable bonds is 2. The molecular formula is C10H8Cl2FNO. The minimum atomic E-state index is -0.947. The standard InChI is InChI=1S/C10H8Cl2FNO/c11-10(12)5-8(10)9(15)14-7-3-1-2-6(13)4-7/h1-4,8H,5H2,(H,14,15)/t8-/m0/s1. The Hall–Kier alpha value is -0.800. The van der Waals surface area contributed by atoms with Crippen LogP contribution in [0.5, 0.6) is 0 Å². The SMILES string of the molecule is O=C(Nc1cccc(F)c1)[C@@H]1CC1(Cl)Cl. The van der Waals surface area contributed by atoms with Gasteiger partial charge in [-0.2, -0.15) is 0 Å². The zero-order chi connectivity index (χ0) is 11.1.